The van der Waals surface area contributed by atoms with E-state index >= 15 is 0 Å². The van der Waals surface area contributed by atoms with Gasteiger partial charge in [0, 0.05) is 5.54 Å². The Morgan fingerprint density at radius 1 is 1.31 bits per heavy atom. The largest absolute Gasteiger partial charge is 0.311 e. The molecule has 0 aromatic carbocycles. The summed E-state index contributed by atoms with van der Waals surface area (Å²) in [6.45, 7) is 3.07. The molecule has 0 spiro atoms. The molecule has 13 heavy (non-hydrogen) atoms. The van der Waals surface area contributed by atoms with E-state index in [1.54, 1.807) is 0 Å². The molecule has 0 aromatic rings. The fourth-order valence-electron chi connectivity index (χ4n) is 2.51. The van der Waals surface area contributed by atoms with Gasteiger partial charge in [-0.1, -0.05) is 6.42 Å². The van der Waals surface area contributed by atoms with Gasteiger partial charge in [-0.05, 0) is 45.1 Å². The van der Waals surface area contributed by atoms with Gasteiger partial charge in [0.25, 0.3) is 0 Å². The lowest BCUT2D eigenvalue weighted by molar-refractivity contribution is 0.0716. The third kappa shape index (κ3) is 2.16. The Morgan fingerprint density at radius 3 is 2.46 bits per heavy atom. The van der Waals surface area contributed by atoms with E-state index in [2.05, 4.69) is 12.2 Å². The molecule has 3 heteroatoms. The van der Waals surface area contributed by atoms with Crippen LogP contribution in [0.3, 0.4) is 0 Å². The number of hydrogen-bond acceptors (Lipinski definition) is 1. The first-order chi connectivity index (χ1) is 5.71. The second-order valence-electron chi connectivity index (χ2n) is 4.56. The molecule has 78 valence electrons. The Labute approximate surface area is 85.9 Å². The third-order valence-corrected chi connectivity index (χ3v) is 3.64. The van der Waals surface area contributed by atoms with E-state index in [1.807, 2.05) is 0 Å². The zero-order valence-electron chi connectivity index (χ0n) is 8.18. The summed E-state index contributed by atoms with van der Waals surface area (Å²) in [4.78, 5) is 0. The van der Waals surface area contributed by atoms with Crippen LogP contribution in [0.25, 0.3) is 0 Å². The summed E-state index contributed by atoms with van der Waals surface area (Å²) in [5, 5.41) is 3.49. The first kappa shape index (κ1) is 11.3. The molecule has 1 nitrogen and oxygen atoms in total. The van der Waals surface area contributed by atoms with Crippen molar-refractivity contribution in [1.82, 2.24) is 5.32 Å². The maximum atomic E-state index is 13.2. The van der Waals surface area contributed by atoms with Crippen LogP contribution in [-0.4, -0.2) is 18.3 Å². The van der Waals surface area contributed by atoms with Crippen LogP contribution in [0, 0.1) is 5.92 Å². The average molecular weight is 208 g/mol. The minimum absolute atomic E-state index is 0. The summed E-state index contributed by atoms with van der Waals surface area (Å²) in [5.74, 6) is 0.746. The van der Waals surface area contributed by atoms with Crippen molar-refractivity contribution < 1.29 is 4.39 Å². The molecule has 0 radical (unpaired) electrons. The molecule has 2 fully saturated rings. The van der Waals surface area contributed by atoms with Crippen molar-refractivity contribution in [3.8, 4) is 0 Å². The van der Waals surface area contributed by atoms with Gasteiger partial charge < -0.3 is 5.32 Å². The highest BCUT2D eigenvalue weighted by Crippen LogP contribution is 2.40. The van der Waals surface area contributed by atoms with Crippen molar-refractivity contribution in [3.05, 3.63) is 0 Å². The van der Waals surface area contributed by atoms with Gasteiger partial charge >= 0.3 is 0 Å². The van der Waals surface area contributed by atoms with Gasteiger partial charge in [-0.15, -0.1) is 12.4 Å². The van der Waals surface area contributed by atoms with Crippen molar-refractivity contribution in [1.29, 1.82) is 0 Å². The van der Waals surface area contributed by atoms with Gasteiger partial charge in [0.15, 0.2) is 0 Å². The van der Waals surface area contributed by atoms with Crippen LogP contribution in [0.4, 0.5) is 4.39 Å². The standard InChI is InChI=1S/C10H18FN.ClH/c1-10(8-3-2-4-8)7-9(11)5-6-12-10;/h8-9,12H,2-7H2,1H3;1H. The van der Waals surface area contributed by atoms with Crippen molar-refractivity contribution in [2.45, 2.75) is 50.7 Å². The minimum Gasteiger partial charge on any atom is -0.311 e. The highest BCUT2D eigenvalue weighted by Gasteiger charge is 2.41. The molecule has 1 aliphatic carbocycles. The van der Waals surface area contributed by atoms with E-state index in [9.17, 15) is 4.39 Å². The van der Waals surface area contributed by atoms with E-state index < -0.39 is 6.17 Å². The number of piperidine rings is 1. The van der Waals surface area contributed by atoms with Gasteiger partial charge in [-0.2, -0.15) is 0 Å². The van der Waals surface area contributed by atoms with Crippen LogP contribution in [0.1, 0.15) is 39.0 Å². The molecule has 0 aromatic heterocycles. The maximum Gasteiger partial charge on any atom is 0.103 e. The SMILES string of the molecule is CC1(C2CCC2)CC(F)CCN1.Cl. The van der Waals surface area contributed by atoms with Gasteiger partial charge in [0.05, 0.1) is 0 Å². The average Bonchev–Trinajstić information content (AvgIpc) is 1.79. The van der Waals surface area contributed by atoms with Gasteiger partial charge in [0.2, 0.25) is 0 Å². The molecule has 2 aliphatic rings. The topological polar surface area (TPSA) is 12.0 Å². The highest BCUT2D eigenvalue weighted by atomic mass is 35.5. The van der Waals surface area contributed by atoms with Crippen LogP contribution in [-0.2, 0) is 0 Å². The van der Waals surface area contributed by atoms with Crippen molar-refractivity contribution >= 4 is 12.4 Å². The molecule has 1 saturated carbocycles. The molecular formula is C10H19ClFN. The second-order valence-corrected chi connectivity index (χ2v) is 4.56. The molecule has 0 amide bonds. The quantitative estimate of drug-likeness (QED) is 0.697. The van der Waals surface area contributed by atoms with E-state index in [-0.39, 0.29) is 17.9 Å². The Hall–Kier alpha value is 0.180. The van der Waals surface area contributed by atoms with Crippen LogP contribution in [0.15, 0.2) is 0 Å². The number of rotatable bonds is 1. The zero-order chi connectivity index (χ0) is 8.60. The Balaban J connectivity index is 0.000000845. The molecule has 2 unspecified atom stereocenters. The number of hydrogen-bond donors (Lipinski definition) is 1. The predicted octanol–water partition coefficient (Wildman–Crippen LogP) is 2.69. The third-order valence-electron chi connectivity index (χ3n) is 3.64. The van der Waals surface area contributed by atoms with Crippen LogP contribution in [0.5, 0.6) is 0 Å². The fourth-order valence-corrected chi connectivity index (χ4v) is 2.51. The lowest BCUT2D eigenvalue weighted by Crippen LogP contribution is -2.56. The molecule has 1 N–H and O–H groups in total. The van der Waals surface area contributed by atoms with Crippen molar-refractivity contribution in [2.24, 2.45) is 5.92 Å². The Bertz CT molecular complexity index is 172. The van der Waals surface area contributed by atoms with Gasteiger partial charge in [-0.25, -0.2) is 4.39 Å². The Morgan fingerprint density at radius 2 is 2.00 bits per heavy atom. The lowest BCUT2D eigenvalue weighted by atomic mass is 9.68. The van der Waals surface area contributed by atoms with E-state index in [0.29, 0.717) is 6.42 Å². The molecular weight excluding hydrogens is 189 g/mol. The zero-order valence-corrected chi connectivity index (χ0v) is 9.00. The molecule has 2 atom stereocenters. The summed E-state index contributed by atoms with van der Waals surface area (Å²) in [6.07, 6.45) is 4.84. The fraction of sp³-hybridized carbons (Fsp3) is 1.00. The van der Waals surface area contributed by atoms with Crippen molar-refractivity contribution in [3.63, 3.8) is 0 Å². The summed E-state index contributed by atoms with van der Waals surface area (Å²) in [7, 11) is 0. The lowest BCUT2D eigenvalue weighted by Gasteiger charge is -2.47. The summed E-state index contributed by atoms with van der Waals surface area (Å²) in [5.41, 5.74) is 0.121. The molecule has 2 rings (SSSR count). The molecule has 1 aliphatic heterocycles. The number of halogens is 2. The monoisotopic (exact) mass is 207 g/mol. The normalized spacial score (nSPS) is 40.6. The van der Waals surface area contributed by atoms with Gasteiger partial charge in [-0.3, -0.25) is 0 Å². The van der Waals surface area contributed by atoms with Crippen LogP contribution < -0.4 is 5.32 Å². The molecule has 1 saturated heterocycles. The smallest absolute Gasteiger partial charge is 0.103 e. The van der Waals surface area contributed by atoms with E-state index in [1.165, 1.54) is 19.3 Å². The van der Waals surface area contributed by atoms with Crippen LogP contribution >= 0.6 is 12.4 Å². The Kier molecular flexibility index (Phi) is 3.58. The maximum absolute atomic E-state index is 13.2. The summed E-state index contributed by atoms with van der Waals surface area (Å²) < 4.78 is 13.2. The number of nitrogens with one attached hydrogen (secondary N) is 1. The second kappa shape index (κ2) is 4.14. The van der Waals surface area contributed by atoms with Crippen molar-refractivity contribution in [2.75, 3.05) is 6.54 Å². The molecule has 0 bridgehead atoms. The summed E-state index contributed by atoms with van der Waals surface area (Å²) >= 11 is 0. The molecule has 1 heterocycles. The van der Waals surface area contributed by atoms with E-state index in [0.717, 1.165) is 18.9 Å². The first-order valence-electron chi connectivity index (χ1n) is 5.10. The minimum atomic E-state index is -0.558. The number of alkyl halides is 1. The predicted molar refractivity (Wildman–Crippen MR) is 55.1 cm³/mol. The van der Waals surface area contributed by atoms with Crippen LogP contribution in [0.2, 0.25) is 0 Å². The van der Waals surface area contributed by atoms with E-state index in [4.69, 9.17) is 0 Å². The van der Waals surface area contributed by atoms with Gasteiger partial charge in [0.1, 0.15) is 6.17 Å². The highest BCUT2D eigenvalue weighted by molar-refractivity contribution is 5.85. The summed E-state index contributed by atoms with van der Waals surface area (Å²) in [6, 6.07) is 0. The first-order valence-corrected chi connectivity index (χ1v) is 5.10.